The zero-order valence-electron chi connectivity index (χ0n) is 10.3. The van der Waals surface area contributed by atoms with Gasteiger partial charge in [0.05, 0.1) is 0 Å². The van der Waals surface area contributed by atoms with E-state index in [2.05, 4.69) is 26.1 Å². The van der Waals surface area contributed by atoms with Crippen molar-refractivity contribution in [2.45, 2.75) is 40.0 Å². The molecule has 0 aromatic carbocycles. The van der Waals surface area contributed by atoms with E-state index in [0.717, 1.165) is 31.5 Å². The summed E-state index contributed by atoms with van der Waals surface area (Å²) in [6.07, 6.45) is 3.78. The fourth-order valence-corrected chi connectivity index (χ4v) is 1.62. The Balaban J connectivity index is 3.50. The summed E-state index contributed by atoms with van der Waals surface area (Å²) in [4.78, 5) is 0. The third-order valence-electron chi connectivity index (χ3n) is 2.41. The Labute approximate surface area is 89.4 Å². The molecule has 0 aliphatic rings. The highest BCUT2D eigenvalue weighted by molar-refractivity contribution is 4.62. The third-order valence-corrected chi connectivity index (χ3v) is 2.41. The van der Waals surface area contributed by atoms with Gasteiger partial charge in [-0.05, 0) is 37.8 Å². The number of hydrogen-bond acceptors (Lipinski definition) is 2. The normalized spacial score (nSPS) is 13.5. The molecule has 0 aliphatic carbocycles. The van der Waals surface area contributed by atoms with Crippen LogP contribution in [-0.4, -0.2) is 26.8 Å². The molecule has 0 aromatic rings. The largest absolute Gasteiger partial charge is 0.385 e. The molecule has 0 fully saturated rings. The van der Waals surface area contributed by atoms with E-state index in [1.165, 1.54) is 19.3 Å². The van der Waals surface area contributed by atoms with Crippen LogP contribution in [0.25, 0.3) is 0 Å². The van der Waals surface area contributed by atoms with E-state index in [9.17, 15) is 0 Å². The van der Waals surface area contributed by atoms with Gasteiger partial charge in [-0.1, -0.05) is 27.2 Å². The van der Waals surface area contributed by atoms with Crippen LogP contribution in [0.15, 0.2) is 0 Å². The van der Waals surface area contributed by atoms with Gasteiger partial charge >= 0.3 is 0 Å². The lowest BCUT2D eigenvalue weighted by atomic mass is 10.00. The maximum Gasteiger partial charge on any atom is 0.0465 e. The quantitative estimate of drug-likeness (QED) is 0.619. The van der Waals surface area contributed by atoms with Crippen LogP contribution in [0.2, 0.25) is 0 Å². The first-order chi connectivity index (χ1) is 6.70. The molecular weight excluding hydrogens is 174 g/mol. The summed E-state index contributed by atoms with van der Waals surface area (Å²) in [5.74, 6) is 1.54. The Morgan fingerprint density at radius 2 is 1.86 bits per heavy atom. The summed E-state index contributed by atoms with van der Waals surface area (Å²) in [7, 11) is 1.78. The molecule has 1 atom stereocenters. The van der Waals surface area contributed by atoms with E-state index in [4.69, 9.17) is 4.74 Å². The first-order valence-corrected chi connectivity index (χ1v) is 5.90. The molecule has 2 nitrogen and oxygen atoms in total. The van der Waals surface area contributed by atoms with Crippen molar-refractivity contribution in [3.05, 3.63) is 0 Å². The van der Waals surface area contributed by atoms with Crippen molar-refractivity contribution in [2.24, 2.45) is 11.8 Å². The number of hydrogen-bond donors (Lipinski definition) is 1. The molecule has 0 bridgehead atoms. The smallest absolute Gasteiger partial charge is 0.0465 e. The second kappa shape index (κ2) is 9.47. The van der Waals surface area contributed by atoms with Gasteiger partial charge in [0.2, 0.25) is 0 Å². The zero-order chi connectivity index (χ0) is 10.8. The van der Waals surface area contributed by atoms with E-state index in [0.29, 0.717) is 0 Å². The van der Waals surface area contributed by atoms with Crippen molar-refractivity contribution in [2.75, 3.05) is 26.8 Å². The lowest BCUT2D eigenvalue weighted by Crippen LogP contribution is -2.27. The minimum Gasteiger partial charge on any atom is -0.385 e. The van der Waals surface area contributed by atoms with Gasteiger partial charge in [-0.15, -0.1) is 0 Å². The summed E-state index contributed by atoms with van der Waals surface area (Å²) >= 11 is 0. The Morgan fingerprint density at radius 3 is 2.36 bits per heavy atom. The van der Waals surface area contributed by atoms with Gasteiger partial charge in [0.1, 0.15) is 0 Å². The highest BCUT2D eigenvalue weighted by Gasteiger charge is 2.07. The maximum absolute atomic E-state index is 5.12. The Bertz CT molecular complexity index is 115. The van der Waals surface area contributed by atoms with Crippen molar-refractivity contribution >= 4 is 0 Å². The first kappa shape index (κ1) is 13.9. The molecule has 0 aromatic heterocycles. The highest BCUT2D eigenvalue weighted by Crippen LogP contribution is 2.10. The minimum atomic E-state index is 0.750. The number of ether oxygens (including phenoxy) is 1. The lowest BCUT2D eigenvalue weighted by molar-refractivity contribution is 0.173. The average Bonchev–Trinajstić information content (AvgIpc) is 2.13. The Hall–Kier alpha value is -0.0800. The van der Waals surface area contributed by atoms with Gasteiger partial charge in [-0.2, -0.15) is 0 Å². The maximum atomic E-state index is 5.12. The van der Waals surface area contributed by atoms with E-state index >= 15 is 0 Å². The standard InChI is InChI=1S/C12H27NO/c1-5-6-12(7-8-14-4)10-13-9-11(2)3/h11-13H,5-10H2,1-4H3. The van der Waals surface area contributed by atoms with Crippen LogP contribution in [0.3, 0.4) is 0 Å². The van der Waals surface area contributed by atoms with Crippen LogP contribution in [0.5, 0.6) is 0 Å². The van der Waals surface area contributed by atoms with Gasteiger partial charge in [-0.25, -0.2) is 0 Å². The second-order valence-corrected chi connectivity index (χ2v) is 4.49. The van der Waals surface area contributed by atoms with Crippen LogP contribution in [0.4, 0.5) is 0 Å². The van der Waals surface area contributed by atoms with Gasteiger partial charge in [0.25, 0.3) is 0 Å². The van der Waals surface area contributed by atoms with E-state index in [-0.39, 0.29) is 0 Å². The van der Waals surface area contributed by atoms with Gasteiger partial charge in [0.15, 0.2) is 0 Å². The number of methoxy groups -OCH3 is 1. The molecule has 1 unspecified atom stereocenters. The van der Waals surface area contributed by atoms with Crippen LogP contribution < -0.4 is 5.32 Å². The van der Waals surface area contributed by atoms with Crippen LogP contribution in [0, 0.1) is 11.8 Å². The van der Waals surface area contributed by atoms with Crippen molar-refractivity contribution in [1.82, 2.24) is 5.32 Å². The molecule has 2 heteroatoms. The van der Waals surface area contributed by atoms with Crippen molar-refractivity contribution in [1.29, 1.82) is 0 Å². The molecule has 14 heavy (non-hydrogen) atoms. The van der Waals surface area contributed by atoms with Gasteiger partial charge < -0.3 is 10.1 Å². The molecule has 0 heterocycles. The molecule has 0 spiro atoms. The Kier molecular flexibility index (Phi) is 9.42. The second-order valence-electron chi connectivity index (χ2n) is 4.49. The molecule has 0 saturated heterocycles. The van der Waals surface area contributed by atoms with E-state index in [1.54, 1.807) is 7.11 Å². The monoisotopic (exact) mass is 201 g/mol. The van der Waals surface area contributed by atoms with Crippen LogP contribution >= 0.6 is 0 Å². The molecule has 0 amide bonds. The van der Waals surface area contributed by atoms with Crippen LogP contribution in [-0.2, 0) is 4.74 Å². The minimum absolute atomic E-state index is 0.750. The van der Waals surface area contributed by atoms with Crippen molar-refractivity contribution < 1.29 is 4.74 Å². The van der Waals surface area contributed by atoms with Gasteiger partial charge in [-0.3, -0.25) is 0 Å². The summed E-state index contributed by atoms with van der Waals surface area (Å²) in [5, 5.41) is 3.52. The van der Waals surface area contributed by atoms with E-state index in [1.807, 2.05) is 0 Å². The zero-order valence-corrected chi connectivity index (χ0v) is 10.3. The summed E-state index contributed by atoms with van der Waals surface area (Å²) in [5.41, 5.74) is 0. The van der Waals surface area contributed by atoms with Gasteiger partial charge in [0, 0.05) is 13.7 Å². The average molecular weight is 201 g/mol. The molecule has 0 saturated carbocycles. The SMILES string of the molecule is CCCC(CCOC)CNCC(C)C. The predicted molar refractivity (Wildman–Crippen MR) is 62.6 cm³/mol. The predicted octanol–water partition coefficient (Wildman–Crippen LogP) is 2.68. The van der Waals surface area contributed by atoms with E-state index < -0.39 is 0 Å². The summed E-state index contributed by atoms with van der Waals surface area (Å²) in [6, 6.07) is 0. The molecule has 0 radical (unpaired) electrons. The fourth-order valence-electron chi connectivity index (χ4n) is 1.62. The number of nitrogens with one attached hydrogen (secondary N) is 1. The molecule has 1 N–H and O–H groups in total. The van der Waals surface area contributed by atoms with Crippen molar-refractivity contribution in [3.63, 3.8) is 0 Å². The van der Waals surface area contributed by atoms with Crippen LogP contribution in [0.1, 0.15) is 40.0 Å². The Morgan fingerprint density at radius 1 is 1.14 bits per heavy atom. The first-order valence-electron chi connectivity index (χ1n) is 5.90. The summed E-state index contributed by atoms with van der Waals surface area (Å²) in [6.45, 7) is 9.92. The summed E-state index contributed by atoms with van der Waals surface area (Å²) < 4.78 is 5.12. The molecule has 0 aliphatic heterocycles. The fraction of sp³-hybridized carbons (Fsp3) is 1.00. The molecular formula is C12H27NO. The number of rotatable bonds is 9. The lowest BCUT2D eigenvalue weighted by Gasteiger charge is -2.17. The molecule has 0 rings (SSSR count). The highest BCUT2D eigenvalue weighted by atomic mass is 16.5. The topological polar surface area (TPSA) is 21.3 Å². The third kappa shape index (κ3) is 8.52. The van der Waals surface area contributed by atoms with Crippen molar-refractivity contribution in [3.8, 4) is 0 Å². The molecule has 86 valence electrons.